The molecule has 0 saturated heterocycles. The van der Waals surface area contributed by atoms with Crippen LogP contribution in [0.1, 0.15) is 0 Å². The van der Waals surface area contributed by atoms with Gasteiger partial charge in [0, 0.05) is 0 Å². The maximum absolute atomic E-state index is 12.0. The van der Waals surface area contributed by atoms with Gasteiger partial charge in [-0.25, -0.2) is 0 Å². The first-order valence-electron chi connectivity index (χ1n) is 2.48. The highest BCUT2D eigenvalue weighted by Gasteiger charge is 2.51. The molecule has 0 aliphatic rings. The van der Waals surface area contributed by atoms with E-state index in [-0.39, 0.29) is 0 Å². The van der Waals surface area contributed by atoms with Gasteiger partial charge in [-0.1, -0.05) is 31.9 Å². The Balaban J connectivity index is 4.41. The molecule has 74 valence electrons. The van der Waals surface area contributed by atoms with Gasteiger partial charge in [-0.2, -0.15) is 13.2 Å². The lowest BCUT2D eigenvalue weighted by molar-refractivity contribution is -0.124. The van der Waals surface area contributed by atoms with Crippen LogP contribution < -0.4 is 0 Å². The minimum atomic E-state index is -4.41. The molecule has 0 rings (SSSR count). The molecule has 0 aliphatic heterocycles. The number of hydrogen-bond donors (Lipinski definition) is 0. The van der Waals surface area contributed by atoms with Gasteiger partial charge in [-0.05, 0) is 0 Å². The fourth-order valence-electron chi connectivity index (χ4n) is 0.332. The van der Waals surface area contributed by atoms with Gasteiger partial charge in [0.15, 0.2) is 0 Å². The lowest BCUT2D eigenvalue weighted by Gasteiger charge is -2.23. The average molecular weight is 389 g/mol. The lowest BCUT2D eigenvalue weighted by atomic mass is 10.5. The van der Waals surface area contributed by atoms with Crippen LogP contribution in [0.2, 0.25) is 0 Å². The second kappa shape index (κ2) is 4.57. The molecule has 9 heteroatoms. The van der Waals surface area contributed by atoms with Crippen molar-refractivity contribution in [2.75, 3.05) is 0 Å². The highest BCUT2D eigenvalue weighted by Crippen LogP contribution is 2.40. The predicted molar refractivity (Wildman–Crippen MR) is 54.8 cm³/mol. The van der Waals surface area contributed by atoms with E-state index in [9.17, 15) is 13.2 Å². The van der Waals surface area contributed by atoms with E-state index in [2.05, 4.69) is 31.9 Å². The summed E-state index contributed by atoms with van der Waals surface area (Å²) in [5.74, 6) is 0. The first kappa shape index (κ1) is 13.8. The molecule has 0 unspecified atom stereocenters. The Hall–Kier alpha value is 1.84. The second-order valence-electron chi connectivity index (χ2n) is 1.89. The molecule has 0 fully saturated rings. The molecule has 0 aromatic carbocycles. The summed E-state index contributed by atoms with van der Waals surface area (Å²) in [6.07, 6.45) is -4.41. The van der Waals surface area contributed by atoms with Crippen LogP contribution in [0.5, 0.6) is 0 Å². The van der Waals surface area contributed by atoms with Gasteiger partial charge in [0.2, 0.25) is 0 Å². The Morgan fingerprint density at radius 1 is 1.08 bits per heavy atom. The van der Waals surface area contributed by atoms with E-state index in [1.165, 1.54) is 0 Å². The van der Waals surface area contributed by atoms with Crippen molar-refractivity contribution in [3.63, 3.8) is 0 Å². The van der Waals surface area contributed by atoms with E-state index < -0.39 is 21.5 Å². The zero-order chi connectivity index (χ0) is 10.2. The van der Waals surface area contributed by atoms with E-state index in [0.29, 0.717) is 0 Å². The molecule has 0 aromatic heterocycles. The standard InChI is InChI=1S/C3H2Br2Cl3F3Si/c4-1(3(9,10)11)2(5)12(6,7)8/h1-2H/t1-,2+/m1/s1. The van der Waals surface area contributed by atoms with E-state index in [4.69, 9.17) is 33.2 Å². The Labute approximate surface area is 99.1 Å². The summed E-state index contributed by atoms with van der Waals surface area (Å²) in [5, 5.41) is 0. The highest BCUT2D eigenvalue weighted by atomic mass is 79.9. The van der Waals surface area contributed by atoms with Gasteiger partial charge in [-0.3, -0.25) is 0 Å². The van der Waals surface area contributed by atoms with Crippen molar-refractivity contribution in [2.24, 2.45) is 0 Å². The normalized spacial score (nSPS) is 19.0. The molecule has 0 nitrogen and oxygen atoms in total. The smallest absolute Gasteiger partial charge is 0.170 e. The maximum atomic E-state index is 12.0. The molecule has 12 heavy (non-hydrogen) atoms. The minimum Gasteiger partial charge on any atom is -0.170 e. The number of rotatable bonds is 2. The molecule has 2 atom stereocenters. The van der Waals surface area contributed by atoms with Crippen LogP contribution in [-0.4, -0.2) is 21.5 Å². The van der Waals surface area contributed by atoms with Crippen LogP contribution in [0.4, 0.5) is 13.2 Å². The van der Waals surface area contributed by atoms with E-state index in [1.807, 2.05) is 0 Å². The highest BCUT2D eigenvalue weighted by molar-refractivity contribution is 9.12. The molecule has 0 N–H and O–H groups in total. The third-order valence-electron chi connectivity index (χ3n) is 0.882. The molecule has 0 heterocycles. The Morgan fingerprint density at radius 3 is 1.50 bits per heavy atom. The molecular formula is C3H2Br2Cl3F3Si. The van der Waals surface area contributed by atoms with Gasteiger partial charge in [0.25, 0.3) is 0 Å². The molecule has 0 amide bonds. The van der Waals surface area contributed by atoms with Crippen molar-refractivity contribution in [1.29, 1.82) is 0 Å². The zero-order valence-corrected chi connectivity index (χ0v) is 11.6. The Morgan fingerprint density at radius 2 is 1.42 bits per heavy atom. The lowest BCUT2D eigenvalue weighted by Crippen LogP contribution is -2.41. The quantitative estimate of drug-likeness (QED) is 0.376. The van der Waals surface area contributed by atoms with Crippen LogP contribution in [0.3, 0.4) is 0 Å². The fourth-order valence-corrected chi connectivity index (χ4v) is 4.85. The van der Waals surface area contributed by atoms with Gasteiger partial charge in [0.05, 0.1) is 4.45 Å². The van der Waals surface area contributed by atoms with E-state index >= 15 is 0 Å². The van der Waals surface area contributed by atoms with Crippen molar-refractivity contribution in [3.8, 4) is 0 Å². The maximum Gasteiger partial charge on any atom is 0.402 e. The van der Waals surface area contributed by atoms with Crippen molar-refractivity contribution in [3.05, 3.63) is 0 Å². The van der Waals surface area contributed by atoms with Crippen molar-refractivity contribution < 1.29 is 13.2 Å². The Kier molecular flexibility index (Phi) is 5.27. The second-order valence-corrected chi connectivity index (χ2v) is 13.5. The Bertz CT molecular complexity index is 140. The molecule has 0 spiro atoms. The van der Waals surface area contributed by atoms with Crippen molar-refractivity contribution in [2.45, 2.75) is 15.5 Å². The molecule has 0 aromatic rings. The summed E-state index contributed by atoms with van der Waals surface area (Å²) in [6, 6.07) is -3.37. The van der Waals surface area contributed by atoms with Gasteiger partial charge < -0.3 is 0 Å². The number of halogens is 8. The summed E-state index contributed by atoms with van der Waals surface area (Å²) < 4.78 is 34.8. The molecule has 0 aliphatic carbocycles. The van der Waals surface area contributed by atoms with Gasteiger partial charge in [-0.15, -0.1) is 33.2 Å². The summed E-state index contributed by atoms with van der Waals surface area (Å²) >= 11 is 21.2. The number of alkyl halides is 5. The fraction of sp³-hybridized carbons (Fsp3) is 1.00. The van der Waals surface area contributed by atoms with E-state index in [1.54, 1.807) is 0 Å². The van der Waals surface area contributed by atoms with Crippen molar-refractivity contribution in [1.82, 2.24) is 0 Å². The number of hydrogen-bond acceptors (Lipinski definition) is 0. The third kappa shape index (κ3) is 4.37. The third-order valence-corrected chi connectivity index (χ3v) is 11.2. The molecule has 0 radical (unpaired) electrons. The SMILES string of the molecule is FC(F)(F)[C@H](Br)[C@@H](Br)[Si](Cl)(Cl)Cl. The summed E-state index contributed by atoms with van der Waals surface area (Å²) in [4.78, 5) is -1.83. The molecule has 0 bridgehead atoms. The topological polar surface area (TPSA) is 0 Å². The van der Waals surface area contributed by atoms with Crippen LogP contribution >= 0.6 is 65.1 Å². The van der Waals surface area contributed by atoms with Crippen LogP contribution in [0.15, 0.2) is 0 Å². The average Bonchev–Trinajstić information content (AvgIpc) is 1.80. The monoisotopic (exact) mass is 386 g/mol. The van der Waals surface area contributed by atoms with Crippen LogP contribution in [0, 0.1) is 0 Å². The van der Waals surface area contributed by atoms with E-state index in [0.717, 1.165) is 0 Å². The molecular weight excluding hydrogens is 387 g/mol. The summed E-state index contributed by atoms with van der Waals surface area (Å²) in [7, 11) is 0. The summed E-state index contributed by atoms with van der Waals surface area (Å²) in [5.41, 5.74) is 0. The summed E-state index contributed by atoms with van der Waals surface area (Å²) in [6.45, 7) is 0. The van der Waals surface area contributed by atoms with Gasteiger partial charge >= 0.3 is 12.2 Å². The molecule has 0 saturated carbocycles. The first-order valence-corrected chi connectivity index (χ1v) is 9.43. The first-order chi connectivity index (χ1) is 5.07. The zero-order valence-electron chi connectivity index (χ0n) is 5.18. The largest absolute Gasteiger partial charge is 0.402 e. The minimum absolute atomic E-state index is 1.19. The van der Waals surface area contributed by atoms with Crippen LogP contribution in [0.25, 0.3) is 0 Å². The predicted octanol–water partition coefficient (Wildman–Crippen LogP) is 4.27. The van der Waals surface area contributed by atoms with Crippen molar-refractivity contribution >= 4 is 71.1 Å². The van der Waals surface area contributed by atoms with Crippen LogP contribution in [-0.2, 0) is 0 Å². The van der Waals surface area contributed by atoms with Gasteiger partial charge in [0.1, 0.15) is 4.83 Å².